The van der Waals surface area contributed by atoms with Crippen LogP contribution in [0, 0.1) is 17.8 Å². The number of piperidine rings is 1. The number of carbonyl (C=O) groups is 2. The Kier molecular flexibility index (Phi) is 7.03. The van der Waals surface area contributed by atoms with Crippen LogP contribution in [0.3, 0.4) is 0 Å². The fraction of sp³-hybridized carbons (Fsp3) is 0.643. The van der Waals surface area contributed by atoms with Crippen molar-refractivity contribution in [2.24, 2.45) is 5.92 Å². The molecule has 2 amide bonds. The van der Waals surface area contributed by atoms with Gasteiger partial charge in [0.15, 0.2) is 0 Å². The predicted octanol–water partition coefficient (Wildman–Crippen LogP) is -1.00. The van der Waals surface area contributed by atoms with Gasteiger partial charge >= 0.3 is 0 Å². The summed E-state index contributed by atoms with van der Waals surface area (Å²) in [5, 5.41) is 18.4. The van der Waals surface area contributed by atoms with E-state index in [2.05, 4.69) is 79.2 Å². The van der Waals surface area contributed by atoms with Crippen molar-refractivity contribution in [1.29, 1.82) is 0 Å². The van der Waals surface area contributed by atoms with Gasteiger partial charge in [0.2, 0.25) is 11.8 Å². The minimum Gasteiger partial charge on any atom is -0.369 e. The molecule has 6 unspecified atom stereocenters. The number of benzene rings is 1. The molecule has 0 aliphatic carbocycles. The molecule has 6 aliphatic heterocycles. The zero-order valence-electron chi connectivity index (χ0n) is 23.0. The van der Waals surface area contributed by atoms with Crippen molar-refractivity contribution in [3.05, 3.63) is 24.3 Å². The Morgan fingerprint density at radius 3 is 2.77 bits per heavy atom. The molecule has 0 aromatic heterocycles. The molecule has 6 heterocycles. The lowest BCUT2D eigenvalue weighted by atomic mass is 9.99. The molecular weight excluding hydrogens is 510 g/mol. The molecule has 0 radical (unpaired) electrons. The first-order valence-electron chi connectivity index (χ1n) is 14.6. The lowest BCUT2D eigenvalue weighted by Crippen LogP contribution is -2.72. The molecule has 7 rings (SSSR count). The minimum absolute atomic E-state index is 0.00858. The van der Waals surface area contributed by atoms with Crippen molar-refractivity contribution in [2.75, 3.05) is 69.7 Å². The molecule has 12 heteroatoms. The van der Waals surface area contributed by atoms with Crippen molar-refractivity contribution in [3.63, 3.8) is 0 Å². The Morgan fingerprint density at radius 1 is 1.02 bits per heavy atom. The highest BCUT2D eigenvalue weighted by Crippen LogP contribution is 2.33. The number of anilines is 2. The highest BCUT2D eigenvalue weighted by atomic mass is 16.5. The third-order valence-corrected chi connectivity index (χ3v) is 9.09. The van der Waals surface area contributed by atoms with Crippen LogP contribution in [0.1, 0.15) is 19.3 Å². The van der Waals surface area contributed by atoms with Crippen molar-refractivity contribution in [2.45, 2.75) is 50.2 Å². The van der Waals surface area contributed by atoms with Gasteiger partial charge in [-0.2, -0.15) is 5.01 Å². The maximum atomic E-state index is 13.6. The van der Waals surface area contributed by atoms with E-state index in [0.29, 0.717) is 26.1 Å². The van der Waals surface area contributed by atoms with Gasteiger partial charge in [-0.1, -0.05) is 17.9 Å². The SMILES string of the molecule is CN1CCN(c2cccc(NC3NCC4C(=O)N5CC#CCCN6C(=O)COC7CCC(NC76)N5C4N3)c2)CC1. The van der Waals surface area contributed by atoms with Crippen LogP contribution in [0.2, 0.25) is 0 Å². The van der Waals surface area contributed by atoms with Crippen LogP contribution >= 0.6 is 0 Å². The summed E-state index contributed by atoms with van der Waals surface area (Å²) in [5.41, 5.74) is 2.24. The van der Waals surface area contributed by atoms with Crippen LogP contribution in [-0.4, -0.2) is 122 Å². The summed E-state index contributed by atoms with van der Waals surface area (Å²) >= 11 is 0. The summed E-state index contributed by atoms with van der Waals surface area (Å²) in [7, 11) is 2.17. The number of morpholine rings is 1. The molecule has 6 atom stereocenters. The number of amides is 2. The number of hydrogen-bond donors (Lipinski definition) is 4. The molecule has 6 aliphatic rings. The van der Waals surface area contributed by atoms with Gasteiger partial charge in [-0.05, 0) is 38.1 Å². The topological polar surface area (TPSA) is 108 Å². The van der Waals surface area contributed by atoms with Gasteiger partial charge in [0.25, 0.3) is 0 Å². The number of hydrogen-bond acceptors (Lipinski definition) is 10. The first kappa shape index (κ1) is 26.0. The first-order chi connectivity index (χ1) is 19.5. The molecule has 4 N–H and O–H groups in total. The fourth-order valence-electron chi connectivity index (χ4n) is 6.90. The second-order valence-electron chi connectivity index (χ2n) is 11.6. The Morgan fingerprint density at radius 2 is 1.90 bits per heavy atom. The zero-order chi connectivity index (χ0) is 27.2. The van der Waals surface area contributed by atoms with Crippen LogP contribution in [0.4, 0.5) is 11.4 Å². The highest BCUT2D eigenvalue weighted by Gasteiger charge is 2.53. The van der Waals surface area contributed by atoms with Gasteiger partial charge in [0.1, 0.15) is 19.1 Å². The monoisotopic (exact) mass is 549 g/mol. The molecule has 12 nitrogen and oxygen atoms in total. The van der Waals surface area contributed by atoms with E-state index in [9.17, 15) is 9.59 Å². The van der Waals surface area contributed by atoms with E-state index in [4.69, 9.17) is 4.74 Å². The second kappa shape index (κ2) is 10.8. The summed E-state index contributed by atoms with van der Waals surface area (Å²) in [6.07, 6.45) is 1.40. The molecule has 1 aromatic carbocycles. The number of ether oxygens (including phenoxy) is 1. The number of rotatable bonds is 3. The summed E-state index contributed by atoms with van der Waals surface area (Å²) in [6, 6.07) is 8.55. The van der Waals surface area contributed by atoms with Gasteiger partial charge in [0, 0.05) is 57.1 Å². The summed E-state index contributed by atoms with van der Waals surface area (Å²) < 4.78 is 5.90. The second-order valence-corrected chi connectivity index (χ2v) is 11.6. The first-order valence-corrected chi connectivity index (χ1v) is 14.6. The lowest BCUT2D eigenvalue weighted by Gasteiger charge is -2.50. The smallest absolute Gasteiger partial charge is 0.249 e. The molecule has 214 valence electrons. The molecule has 0 saturated carbocycles. The van der Waals surface area contributed by atoms with E-state index < -0.39 is 0 Å². The summed E-state index contributed by atoms with van der Waals surface area (Å²) in [5.74, 6) is 6.22. The maximum absolute atomic E-state index is 13.6. The number of carbonyl (C=O) groups excluding carboxylic acids is 2. The van der Waals surface area contributed by atoms with Gasteiger partial charge in [0.05, 0.1) is 30.9 Å². The highest BCUT2D eigenvalue weighted by molar-refractivity contribution is 5.82. The van der Waals surface area contributed by atoms with Gasteiger partial charge < -0.3 is 24.8 Å². The molecule has 2 bridgehead atoms. The third-order valence-electron chi connectivity index (χ3n) is 9.09. The average Bonchev–Trinajstić information content (AvgIpc) is 3.22. The average molecular weight is 550 g/mol. The molecular formula is C28H39N9O3. The number of fused-ring (bicyclic) bond motifs is 5. The minimum atomic E-state index is -0.237. The molecule has 5 fully saturated rings. The van der Waals surface area contributed by atoms with Crippen molar-refractivity contribution < 1.29 is 14.3 Å². The zero-order valence-corrected chi connectivity index (χ0v) is 23.0. The fourth-order valence-corrected chi connectivity index (χ4v) is 6.90. The van der Waals surface area contributed by atoms with Crippen LogP contribution < -0.4 is 26.2 Å². The van der Waals surface area contributed by atoms with Crippen LogP contribution in [0.15, 0.2) is 24.3 Å². The van der Waals surface area contributed by atoms with E-state index in [1.165, 1.54) is 5.69 Å². The quantitative estimate of drug-likeness (QED) is 0.351. The van der Waals surface area contributed by atoms with E-state index in [0.717, 1.165) is 44.7 Å². The number of likely N-dealkylation sites (N-methyl/N-ethyl adjacent to an activating group) is 1. The van der Waals surface area contributed by atoms with Crippen molar-refractivity contribution >= 4 is 23.2 Å². The van der Waals surface area contributed by atoms with E-state index in [1.54, 1.807) is 0 Å². The summed E-state index contributed by atoms with van der Waals surface area (Å²) in [6.45, 7) is 5.74. The van der Waals surface area contributed by atoms with Gasteiger partial charge in [-0.25, -0.2) is 0 Å². The summed E-state index contributed by atoms with van der Waals surface area (Å²) in [4.78, 5) is 33.0. The largest absolute Gasteiger partial charge is 0.369 e. The number of nitrogens with zero attached hydrogens (tertiary/aromatic N) is 5. The van der Waals surface area contributed by atoms with Crippen molar-refractivity contribution in [3.8, 4) is 11.8 Å². The Hall–Kier alpha value is -2.92. The van der Waals surface area contributed by atoms with E-state index in [1.807, 2.05) is 9.91 Å². The molecule has 0 spiro atoms. The number of hydrazine groups is 1. The number of piperazine rings is 1. The van der Waals surface area contributed by atoms with E-state index >= 15 is 0 Å². The van der Waals surface area contributed by atoms with Crippen LogP contribution in [0.25, 0.3) is 0 Å². The standard InChI is InChI=1S/C28H39N9O3/c1-33-12-14-34(15-13-33)20-7-5-6-19(16-20)30-28-29-17-21-25(32-28)37-23-9-8-22-26(31-23)35(24(38)18-40-22)10-3-2-4-11-36(37)27(21)39/h5-7,16,21-23,25-26,28-32H,3,8-15,17-18H2,1H3. The maximum Gasteiger partial charge on any atom is 0.249 e. The Balaban J connectivity index is 1.10. The van der Waals surface area contributed by atoms with E-state index in [-0.39, 0.29) is 55.2 Å². The Labute approximate surface area is 235 Å². The molecule has 40 heavy (non-hydrogen) atoms. The third kappa shape index (κ3) is 4.81. The molecule has 5 saturated heterocycles. The Bertz CT molecular complexity index is 1190. The normalized spacial score (nSPS) is 34.9. The lowest BCUT2D eigenvalue weighted by molar-refractivity contribution is -0.175. The number of nitrogens with one attached hydrogen (secondary N) is 4. The van der Waals surface area contributed by atoms with Gasteiger partial charge in [-0.3, -0.25) is 30.5 Å². The van der Waals surface area contributed by atoms with Crippen LogP contribution in [0.5, 0.6) is 0 Å². The van der Waals surface area contributed by atoms with Crippen LogP contribution in [-0.2, 0) is 14.3 Å². The predicted molar refractivity (Wildman–Crippen MR) is 149 cm³/mol. The van der Waals surface area contributed by atoms with Crippen molar-refractivity contribution in [1.82, 2.24) is 35.8 Å². The molecule has 1 aromatic rings. The van der Waals surface area contributed by atoms with Gasteiger partial charge in [-0.15, -0.1) is 0 Å².